The van der Waals surface area contributed by atoms with E-state index in [2.05, 4.69) is 10.4 Å². The number of aryl methyl sites for hydroxylation is 1. The maximum Gasteiger partial charge on any atom is 0.256 e. The minimum atomic E-state index is -0.360. The number of methoxy groups -OCH3 is 1. The summed E-state index contributed by atoms with van der Waals surface area (Å²) in [6.45, 7) is 1.64. The van der Waals surface area contributed by atoms with Crippen molar-refractivity contribution in [2.45, 2.75) is 6.92 Å². The Labute approximate surface area is 190 Å². The lowest BCUT2D eigenvalue weighted by molar-refractivity contribution is 0.102. The number of rotatable bonds is 5. The lowest BCUT2D eigenvalue weighted by atomic mass is 10.0. The van der Waals surface area contributed by atoms with Gasteiger partial charge in [-0.3, -0.25) is 9.59 Å². The van der Waals surface area contributed by atoms with Gasteiger partial charge in [0, 0.05) is 10.6 Å². The fourth-order valence-electron chi connectivity index (χ4n) is 3.34. The first-order valence-corrected chi connectivity index (χ1v) is 10.3. The average molecular weight is 446 g/mol. The summed E-state index contributed by atoms with van der Waals surface area (Å²) in [5.74, 6) is 0.549. The first-order valence-electron chi connectivity index (χ1n) is 9.88. The Balaban J connectivity index is 1.96. The molecule has 0 aliphatic rings. The van der Waals surface area contributed by atoms with Crippen molar-refractivity contribution in [3.8, 4) is 22.6 Å². The predicted octanol–water partition coefficient (Wildman–Crippen LogP) is 5.12. The number of nitrogens with zero attached hydrogens (tertiary/aromatic N) is 2. The summed E-state index contributed by atoms with van der Waals surface area (Å²) in [5, 5.41) is 7.86. The van der Waals surface area contributed by atoms with Gasteiger partial charge in [0.05, 0.1) is 18.4 Å². The van der Waals surface area contributed by atoms with Crippen LogP contribution in [0.5, 0.6) is 5.75 Å². The molecule has 0 spiro atoms. The maximum absolute atomic E-state index is 13.2. The van der Waals surface area contributed by atoms with E-state index < -0.39 is 0 Å². The molecule has 160 valence electrons. The summed E-state index contributed by atoms with van der Waals surface area (Å²) >= 11 is 6.21. The molecule has 1 amide bonds. The minimum absolute atomic E-state index is 0.252. The van der Waals surface area contributed by atoms with Crippen molar-refractivity contribution in [2.24, 2.45) is 0 Å². The van der Waals surface area contributed by atoms with Crippen molar-refractivity contribution in [1.82, 2.24) is 9.78 Å². The normalized spacial score (nSPS) is 10.6. The fourth-order valence-corrected chi connectivity index (χ4v) is 3.53. The van der Waals surface area contributed by atoms with Crippen molar-refractivity contribution in [3.05, 3.63) is 105 Å². The molecule has 0 fully saturated rings. The van der Waals surface area contributed by atoms with Crippen LogP contribution in [-0.4, -0.2) is 22.8 Å². The second-order valence-electron chi connectivity index (χ2n) is 7.08. The molecule has 1 heterocycles. The van der Waals surface area contributed by atoms with Gasteiger partial charge in [0.1, 0.15) is 17.3 Å². The van der Waals surface area contributed by atoms with Crippen LogP contribution >= 0.6 is 11.6 Å². The summed E-state index contributed by atoms with van der Waals surface area (Å²) in [6, 6.07) is 22.9. The molecular weight excluding hydrogens is 426 g/mol. The van der Waals surface area contributed by atoms with E-state index in [9.17, 15) is 9.59 Å². The first kappa shape index (κ1) is 21.3. The van der Waals surface area contributed by atoms with Crippen molar-refractivity contribution in [2.75, 3.05) is 12.4 Å². The third kappa shape index (κ3) is 4.26. The second kappa shape index (κ2) is 9.08. The fraction of sp³-hybridized carbons (Fsp3) is 0.0800. The Morgan fingerprint density at radius 1 is 1.00 bits per heavy atom. The number of amides is 1. The Kier molecular flexibility index (Phi) is 6.05. The molecule has 0 radical (unpaired) electrons. The van der Waals surface area contributed by atoms with Crippen LogP contribution in [0.1, 0.15) is 16.1 Å². The topological polar surface area (TPSA) is 73.2 Å². The molecule has 1 aromatic heterocycles. The number of hydrogen-bond acceptors (Lipinski definition) is 4. The number of hydrogen-bond donors (Lipinski definition) is 1. The van der Waals surface area contributed by atoms with Crippen molar-refractivity contribution in [3.63, 3.8) is 0 Å². The van der Waals surface area contributed by atoms with E-state index in [-0.39, 0.29) is 22.8 Å². The molecular formula is C25H20ClN3O3. The van der Waals surface area contributed by atoms with E-state index in [1.807, 2.05) is 6.07 Å². The van der Waals surface area contributed by atoms with E-state index in [4.69, 9.17) is 16.3 Å². The first-order chi connectivity index (χ1) is 15.5. The second-order valence-corrected chi connectivity index (χ2v) is 7.51. The highest BCUT2D eigenvalue weighted by molar-refractivity contribution is 6.30. The van der Waals surface area contributed by atoms with Crippen LogP contribution in [0, 0.1) is 6.92 Å². The molecule has 0 aliphatic carbocycles. The summed E-state index contributed by atoms with van der Waals surface area (Å²) in [6.07, 6.45) is 0. The van der Waals surface area contributed by atoms with Gasteiger partial charge in [0.15, 0.2) is 0 Å². The Bertz CT molecular complexity index is 1330. The number of anilines is 1. The SMILES string of the molecule is COc1ccc(-c2c(NC(=O)c3ccccc3)n(-c3cccc(Cl)c3)nc(C)c2=O)cc1. The zero-order chi connectivity index (χ0) is 22.7. The third-order valence-electron chi connectivity index (χ3n) is 4.95. The summed E-state index contributed by atoms with van der Waals surface area (Å²) < 4.78 is 6.77. The van der Waals surface area contributed by atoms with Crippen molar-refractivity contribution >= 4 is 23.3 Å². The number of nitrogens with one attached hydrogen (secondary N) is 1. The quantitative estimate of drug-likeness (QED) is 0.462. The lowest BCUT2D eigenvalue weighted by Gasteiger charge is -2.18. The molecule has 0 aliphatic heterocycles. The Hall–Kier alpha value is -3.90. The average Bonchev–Trinajstić information content (AvgIpc) is 2.82. The van der Waals surface area contributed by atoms with Gasteiger partial charge in [-0.05, 0) is 55.0 Å². The summed E-state index contributed by atoms with van der Waals surface area (Å²) in [5.41, 5.74) is 2.02. The van der Waals surface area contributed by atoms with Gasteiger partial charge in [-0.1, -0.05) is 48.0 Å². The van der Waals surface area contributed by atoms with Crippen LogP contribution in [-0.2, 0) is 0 Å². The van der Waals surface area contributed by atoms with E-state index in [1.54, 1.807) is 86.8 Å². The molecule has 1 N–H and O–H groups in total. The highest BCUT2D eigenvalue weighted by atomic mass is 35.5. The van der Waals surface area contributed by atoms with E-state index in [0.717, 1.165) is 0 Å². The molecule has 32 heavy (non-hydrogen) atoms. The van der Waals surface area contributed by atoms with Crippen LogP contribution in [0.2, 0.25) is 5.02 Å². The van der Waals surface area contributed by atoms with Gasteiger partial charge in [-0.2, -0.15) is 5.10 Å². The lowest BCUT2D eigenvalue weighted by Crippen LogP contribution is -2.24. The van der Waals surface area contributed by atoms with Gasteiger partial charge in [-0.25, -0.2) is 4.68 Å². The van der Waals surface area contributed by atoms with Crippen LogP contribution in [0.25, 0.3) is 16.8 Å². The molecule has 0 saturated heterocycles. The van der Waals surface area contributed by atoms with Crippen LogP contribution in [0.3, 0.4) is 0 Å². The molecule has 0 atom stereocenters. The van der Waals surface area contributed by atoms with Crippen molar-refractivity contribution < 1.29 is 9.53 Å². The zero-order valence-corrected chi connectivity index (χ0v) is 18.3. The van der Waals surface area contributed by atoms with Crippen LogP contribution < -0.4 is 15.5 Å². The van der Waals surface area contributed by atoms with E-state index >= 15 is 0 Å². The molecule has 4 aromatic rings. The maximum atomic E-state index is 13.2. The molecule has 6 nitrogen and oxygen atoms in total. The number of carbonyl (C=O) groups is 1. The van der Waals surface area contributed by atoms with Crippen molar-refractivity contribution in [1.29, 1.82) is 0 Å². The molecule has 0 unspecified atom stereocenters. The van der Waals surface area contributed by atoms with Crippen LogP contribution in [0.15, 0.2) is 83.7 Å². The predicted molar refractivity (Wildman–Crippen MR) is 126 cm³/mol. The van der Waals surface area contributed by atoms with Gasteiger partial charge in [0.2, 0.25) is 5.43 Å². The van der Waals surface area contributed by atoms with E-state index in [1.165, 1.54) is 4.68 Å². The molecule has 7 heteroatoms. The highest BCUT2D eigenvalue weighted by Crippen LogP contribution is 2.29. The molecule has 0 bridgehead atoms. The van der Waals surface area contributed by atoms with Gasteiger partial charge in [0.25, 0.3) is 5.91 Å². The Morgan fingerprint density at radius 2 is 1.72 bits per heavy atom. The Morgan fingerprint density at radius 3 is 2.38 bits per heavy atom. The van der Waals surface area contributed by atoms with Gasteiger partial charge < -0.3 is 10.1 Å². The number of aromatic nitrogens is 2. The van der Waals surface area contributed by atoms with E-state index in [0.29, 0.717) is 33.1 Å². The zero-order valence-electron chi connectivity index (χ0n) is 17.5. The van der Waals surface area contributed by atoms with Gasteiger partial charge >= 0.3 is 0 Å². The number of carbonyl (C=O) groups excluding carboxylic acids is 1. The smallest absolute Gasteiger partial charge is 0.256 e. The minimum Gasteiger partial charge on any atom is -0.497 e. The third-order valence-corrected chi connectivity index (χ3v) is 5.19. The summed E-state index contributed by atoms with van der Waals surface area (Å²) in [4.78, 5) is 26.3. The number of halogens is 1. The monoisotopic (exact) mass is 445 g/mol. The molecule has 3 aromatic carbocycles. The molecule has 0 saturated carbocycles. The van der Waals surface area contributed by atoms with Crippen LogP contribution in [0.4, 0.5) is 5.82 Å². The highest BCUT2D eigenvalue weighted by Gasteiger charge is 2.21. The van der Waals surface area contributed by atoms with Gasteiger partial charge in [-0.15, -0.1) is 0 Å². The standard InChI is InChI=1S/C25H20ClN3O3/c1-16-23(30)22(17-11-13-21(32-2)14-12-17)24(27-25(31)18-7-4-3-5-8-18)29(28-16)20-10-6-9-19(26)15-20/h3-15H,1-2H3,(H,27,31). The number of benzene rings is 3. The number of ether oxygens (including phenoxy) is 1. The largest absolute Gasteiger partial charge is 0.497 e. The molecule has 4 rings (SSSR count). The summed E-state index contributed by atoms with van der Waals surface area (Å²) in [7, 11) is 1.57.